The fourth-order valence-corrected chi connectivity index (χ4v) is 3.34. The molecule has 2 aliphatic carbocycles. The average Bonchev–Trinajstić information content (AvgIpc) is 3.46. The van der Waals surface area contributed by atoms with Crippen LogP contribution in [0.3, 0.4) is 0 Å². The molecule has 0 aromatic heterocycles. The zero-order valence-corrected chi connectivity index (χ0v) is 14.7. The summed E-state index contributed by atoms with van der Waals surface area (Å²) in [5.74, 6) is -0.177. The van der Waals surface area contributed by atoms with Gasteiger partial charge in [-0.3, -0.25) is 14.5 Å². The van der Waals surface area contributed by atoms with Crippen LogP contribution in [0.1, 0.15) is 39.0 Å². The van der Waals surface area contributed by atoms with Gasteiger partial charge >= 0.3 is 0 Å². The molecule has 6 heteroatoms. The molecule has 0 aliphatic heterocycles. The minimum atomic E-state index is -0.453. The van der Waals surface area contributed by atoms with Crippen molar-refractivity contribution in [3.05, 3.63) is 30.1 Å². The molecule has 2 N–H and O–H groups in total. The predicted octanol–water partition coefficient (Wildman–Crippen LogP) is 2.30. The van der Waals surface area contributed by atoms with E-state index in [4.69, 9.17) is 5.73 Å². The van der Waals surface area contributed by atoms with Crippen molar-refractivity contribution in [2.45, 2.75) is 51.1 Å². The molecule has 5 nitrogen and oxygen atoms in total. The van der Waals surface area contributed by atoms with Crippen molar-refractivity contribution in [3.63, 3.8) is 0 Å². The Balaban J connectivity index is 1.72. The largest absolute Gasteiger partial charge is 0.370 e. The van der Waals surface area contributed by atoms with Crippen LogP contribution in [0.4, 0.5) is 10.1 Å². The summed E-state index contributed by atoms with van der Waals surface area (Å²) in [5.41, 5.74) is 5.85. The van der Waals surface area contributed by atoms with Gasteiger partial charge in [0.1, 0.15) is 5.82 Å². The maximum absolute atomic E-state index is 13.2. The van der Waals surface area contributed by atoms with Gasteiger partial charge in [-0.1, -0.05) is 0 Å². The Morgan fingerprint density at radius 3 is 2.36 bits per heavy atom. The Labute approximate surface area is 148 Å². The van der Waals surface area contributed by atoms with Crippen molar-refractivity contribution in [3.8, 4) is 0 Å². The molecule has 2 amide bonds. The Kier molecular flexibility index (Phi) is 5.37. The zero-order chi connectivity index (χ0) is 18.0. The molecule has 1 aromatic rings. The highest BCUT2D eigenvalue weighted by molar-refractivity contribution is 5.95. The highest BCUT2D eigenvalue weighted by Crippen LogP contribution is 2.39. The number of nitrogens with zero attached hydrogens (tertiary/aromatic N) is 2. The van der Waals surface area contributed by atoms with E-state index in [0.717, 1.165) is 12.8 Å². The minimum Gasteiger partial charge on any atom is -0.370 e. The number of benzene rings is 1. The predicted molar refractivity (Wildman–Crippen MR) is 94.5 cm³/mol. The van der Waals surface area contributed by atoms with Crippen LogP contribution < -0.4 is 10.6 Å². The molecule has 25 heavy (non-hydrogen) atoms. The second-order valence-electron chi connectivity index (χ2n) is 7.22. The normalized spacial score (nSPS) is 18.2. The summed E-state index contributed by atoms with van der Waals surface area (Å²) in [7, 11) is 0. The van der Waals surface area contributed by atoms with Gasteiger partial charge in [-0.05, 0) is 62.8 Å². The van der Waals surface area contributed by atoms with E-state index in [0.29, 0.717) is 30.2 Å². The van der Waals surface area contributed by atoms with Crippen LogP contribution in [0.5, 0.6) is 0 Å². The lowest BCUT2D eigenvalue weighted by Gasteiger charge is -2.31. The summed E-state index contributed by atoms with van der Waals surface area (Å²) < 4.78 is 13.2. The maximum atomic E-state index is 13.2. The van der Waals surface area contributed by atoms with Gasteiger partial charge < -0.3 is 10.6 Å². The Bertz CT molecular complexity index is 626. The zero-order valence-electron chi connectivity index (χ0n) is 14.7. The highest BCUT2D eigenvalue weighted by atomic mass is 19.1. The van der Waals surface area contributed by atoms with Gasteiger partial charge in [0.2, 0.25) is 11.8 Å². The fourth-order valence-electron chi connectivity index (χ4n) is 3.34. The van der Waals surface area contributed by atoms with E-state index in [2.05, 4.69) is 11.8 Å². The lowest BCUT2D eigenvalue weighted by molar-refractivity contribution is -0.120. The maximum Gasteiger partial charge on any atom is 0.241 e. The molecule has 0 spiro atoms. The Hall–Kier alpha value is -1.95. The summed E-state index contributed by atoms with van der Waals surface area (Å²) in [5, 5.41) is 0. The second kappa shape index (κ2) is 7.52. The standard InChI is InChI=1S/C19H26FN3O2/c1-13(14-2-3-14)23(17-8-9-17)12-19(25)22(11-10-18(21)24)16-6-4-15(20)5-7-16/h4-7,13-14,17H,2-3,8-12H2,1H3,(H2,21,24). The van der Waals surface area contributed by atoms with Crippen molar-refractivity contribution in [2.24, 2.45) is 11.7 Å². The summed E-state index contributed by atoms with van der Waals surface area (Å²) in [6, 6.07) is 6.69. The molecule has 0 bridgehead atoms. The summed E-state index contributed by atoms with van der Waals surface area (Å²) in [4.78, 5) is 28.0. The van der Waals surface area contributed by atoms with Gasteiger partial charge in [-0.25, -0.2) is 4.39 Å². The summed E-state index contributed by atoms with van der Waals surface area (Å²) in [6.07, 6.45) is 4.85. The van der Waals surface area contributed by atoms with Crippen LogP contribution in [0.25, 0.3) is 0 Å². The Morgan fingerprint density at radius 2 is 1.84 bits per heavy atom. The first-order valence-corrected chi connectivity index (χ1v) is 9.05. The number of carbonyl (C=O) groups excluding carboxylic acids is 2. The lowest BCUT2D eigenvalue weighted by Crippen LogP contribution is -2.46. The topological polar surface area (TPSA) is 66.6 Å². The number of anilines is 1. The van der Waals surface area contributed by atoms with Crippen molar-refractivity contribution < 1.29 is 14.0 Å². The van der Waals surface area contributed by atoms with Gasteiger partial charge in [0.15, 0.2) is 0 Å². The van der Waals surface area contributed by atoms with Crippen molar-refractivity contribution in [1.29, 1.82) is 0 Å². The van der Waals surface area contributed by atoms with Crippen molar-refractivity contribution in [2.75, 3.05) is 18.0 Å². The van der Waals surface area contributed by atoms with Crippen LogP contribution in [-0.4, -0.2) is 41.9 Å². The van der Waals surface area contributed by atoms with Crippen LogP contribution >= 0.6 is 0 Å². The average molecular weight is 347 g/mol. The van der Waals surface area contributed by atoms with E-state index in [1.165, 1.54) is 25.0 Å². The van der Waals surface area contributed by atoms with Crippen LogP contribution in [0.2, 0.25) is 0 Å². The van der Waals surface area contributed by atoms with E-state index < -0.39 is 5.91 Å². The summed E-state index contributed by atoms with van der Waals surface area (Å²) in [6.45, 7) is 2.75. The fraction of sp³-hybridized carbons (Fsp3) is 0.579. The van der Waals surface area contributed by atoms with Crippen LogP contribution in [0, 0.1) is 11.7 Å². The molecular weight excluding hydrogens is 321 g/mol. The van der Waals surface area contributed by atoms with E-state index in [1.54, 1.807) is 17.0 Å². The number of halogens is 1. The third kappa shape index (κ3) is 4.78. The first-order chi connectivity index (χ1) is 12.0. The SMILES string of the molecule is CC(C1CC1)N(CC(=O)N(CCC(N)=O)c1ccc(F)cc1)C1CC1. The molecule has 0 heterocycles. The molecular formula is C19H26FN3O2. The monoisotopic (exact) mass is 347 g/mol. The number of hydrogen-bond donors (Lipinski definition) is 1. The van der Waals surface area contributed by atoms with Gasteiger partial charge in [-0.2, -0.15) is 0 Å². The molecule has 3 rings (SSSR count). The van der Waals surface area contributed by atoms with Gasteiger partial charge in [0.05, 0.1) is 6.54 Å². The minimum absolute atomic E-state index is 0.0627. The first-order valence-electron chi connectivity index (χ1n) is 9.05. The highest BCUT2D eigenvalue weighted by Gasteiger charge is 2.40. The number of nitrogens with two attached hydrogens (primary N) is 1. The van der Waals surface area contributed by atoms with Crippen LogP contribution in [-0.2, 0) is 9.59 Å². The second-order valence-corrected chi connectivity index (χ2v) is 7.22. The molecule has 2 saturated carbocycles. The van der Waals surface area contributed by atoms with Gasteiger partial charge in [-0.15, -0.1) is 0 Å². The third-order valence-corrected chi connectivity index (χ3v) is 5.18. The van der Waals surface area contributed by atoms with Crippen molar-refractivity contribution >= 4 is 17.5 Å². The third-order valence-electron chi connectivity index (χ3n) is 5.18. The van der Waals surface area contributed by atoms with E-state index in [1.807, 2.05) is 0 Å². The number of rotatable bonds is 9. The number of hydrogen-bond acceptors (Lipinski definition) is 3. The first kappa shape index (κ1) is 17.9. The number of carbonyl (C=O) groups is 2. The number of primary amides is 1. The quantitative estimate of drug-likeness (QED) is 0.745. The molecule has 2 fully saturated rings. The molecule has 1 unspecified atom stereocenters. The molecule has 1 aromatic carbocycles. The van der Waals surface area contributed by atoms with Crippen LogP contribution in [0.15, 0.2) is 24.3 Å². The van der Waals surface area contributed by atoms with E-state index in [9.17, 15) is 14.0 Å². The van der Waals surface area contributed by atoms with Gasteiger partial charge in [0.25, 0.3) is 0 Å². The molecule has 0 radical (unpaired) electrons. The van der Waals surface area contributed by atoms with Gasteiger partial charge in [0, 0.05) is 30.7 Å². The summed E-state index contributed by atoms with van der Waals surface area (Å²) >= 11 is 0. The Morgan fingerprint density at radius 1 is 1.20 bits per heavy atom. The van der Waals surface area contributed by atoms with Crippen molar-refractivity contribution in [1.82, 2.24) is 4.90 Å². The molecule has 136 valence electrons. The van der Waals surface area contributed by atoms with E-state index in [-0.39, 0.29) is 24.7 Å². The van der Waals surface area contributed by atoms with E-state index >= 15 is 0 Å². The lowest BCUT2D eigenvalue weighted by atomic mass is 10.1. The smallest absolute Gasteiger partial charge is 0.241 e. The number of amides is 2. The molecule has 0 saturated heterocycles. The molecule has 2 aliphatic rings. The molecule has 1 atom stereocenters.